The highest BCUT2D eigenvalue weighted by atomic mass is 32.2. The molecule has 0 saturated heterocycles. The van der Waals surface area contributed by atoms with Gasteiger partial charge < -0.3 is 10.4 Å². The summed E-state index contributed by atoms with van der Waals surface area (Å²) in [6.45, 7) is 3.57. The Morgan fingerprint density at radius 2 is 1.95 bits per heavy atom. The van der Waals surface area contributed by atoms with Crippen LogP contribution in [0.3, 0.4) is 0 Å². The van der Waals surface area contributed by atoms with Crippen LogP contribution in [0.5, 0.6) is 0 Å². The summed E-state index contributed by atoms with van der Waals surface area (Å²) in [6.07, 6.45) is 1.44. The lowest BCUT2D eigenvalue weighted by molar-refractivity contribution is 0.0944. The van der Waals surface area contributed by atoms with Crippen LogP contribution in [0.1, 0.15) is 10.4 Å². The van der Waals surface area contributed by atoms with Crippen LogP contribution in [0.4, 0.5) is 0 Å². The Bertz CT molecular complexity index is 537. The molecule has 3 N–H and O–H groups in total. The van der Waals surface area contributed by atoms with Crippen molar-refractivity contribution < 1.29 is 18.3 Å². The number of aliphatic hydroxyl groups excluding tert-OH is 1. The maximum absolute atomic E-state index is 11.8. The molecule has 7 heteroatoms. The maximum Gasteiger partial charge on any atom is 0.251 e. The van der Waals surface area contributed by atoms with Gasteiger partial charge in [0.15, 0.2) is 0 Å². The molecule has 0 saturated carbocycles. The van der Waals surface area contributed by atoms with E-state index in [0.717, 1.165) is 0 Å². The van der Waals surface area contributed by atoms with Crippen LogP contribution >= 0.6 is 0 Å². The lowest BCUT2D eigenvalue weighted by atomic mass is 10.2. The fourth-order valence-corrected chi connectivity index (χ4v) is 2.31. The molecule has 0 bridgehead atoms. The molecule has 0 aliphatic carbocycles. The molecule has 0 spiro atoms. The first-order chi connectivity index (χ1) is 9.01. The minimum absolute atomic E-state index is 0.0769. The van der Waals surface area contributed by atoms with Gasteiger partial charge in [0.2, 0.25) is 10.0 Å². The van der Waals surface area contributed by atoms with Crippen LogP contribution in [0.15, 0.2) is 41.8 Å². The highest BCUT2D eigenvalue weighted by molar-refractivity contribution is 7.89. The quantitative estimate of drug-likeness (QED) is 0.608. The minimum atomic E-state index is -3.57. The van der Waals surface area contributed by atoms with Gasteiger partial charge in [-0.15, -0.1) is 6.58 Å². The molecule has 1 amide bonds. The standard InChI is InChI=1S/C12H16N2O4S/c1-2-7-14-19(17,18)11-5-3-10(4-6-11)12(16)13-8-9-15/h2-6,14-15H,1,7-9H2,(H,13,16). The fourth-order valence-electron chi connectivity index (χ4n) is 1.31. The van der Waals surface area contributed by atoms with Crippen molar-refractivity contribution >= 4 is 15.9 Å². The molecule has 19 heavy (non-hydrogen) atoms. The van der Waals surface area contributed by atoms with E-state index in [0.29, 0.717) is 5.56 Å². The predicted octanol–water partition coefficient (Wildman–Crippen LogP) is -0.127. The summed E-state index contributed by atoms with van der Waals surface area (Å²) in [6, 6.07) is 5.52. The number of aliphatic hydroxyl groups is 1. The van der Waals surface area contributed by atoms with E-state index < -0.39 is 10.0 Å². The van der Waals surface area contributed by atoms with Gasteiger partial charge in [0.25, 0.3) is 5.91 Å². The van der Waals surface area contributed by atoms with Gasteiger partial charge in [-0.05, 0) is 24.3 Å². The molecular formula is C12H16N2O4S. The summed E-state index contributed by atoms with van der Waals surface area (Å²) in [5.41, 5.74) is 0.330. The van der Waals surface area contributed by atoms with E-state index in [1.807, 2.05) is 0 Å². The molecule has 104 valence electrons. The first-order valence-electron chi connectivity index (χ1n) is 5.61. The zero-order valence-corrected chi connectivity index (χ0v) is 11.1. The first-order valence-corrected chi connectivity index (χ1v) is 7.09. The van der Waals surface area contributed by atoms with Crippen LogP contribution in [0, 0.1) is 0 Å². The zero-order chi connectivity index (χ0) is 14.3. The van der Waals surface area contributed by atoms with E-state index >= 15 is 0 Å². The normalized spacial score (nSPS) is 11.0. The lowest BCUT2D eigenvalue weighted by Crippen LogP contribution is -2.26. The second kappa shape index (κ2) is 7.03. The number of rotatable bonds is 7. The zero-order valence-electron chi connectivity index (χ0n) is 10.3. The summed E-state index contributed by atoms with van der Waals surface area (Å²) in [7, 11) is -3.57. The second-order valence-corrected chi connectivity index (χ2v) is 5.41. The van der Waals surface area contributed by atoms with E-state index in [1.165, 1.54) is 30.3 Å². The van der Waals surface area contributed by atoms with Gasteiger partial charge in [-0.25, -0.2) is 13.1 Å². The lowest BCUT2D eigenvalue weighted by Gasteiger charge is -2.06. The second-order valence-electron chi connectivity index (χ2n) is 3.64. The topological polar surface area (TPSA) is 95.5 Å². The Kier molecular flexibility index (Phi) is 5.68. The van der Waals surface area contributed by atoms with Crippen molar-refractivity contribution in [2.45, 2.75) is 4.90 Å². The maximum atomic E-state index is 11.8. The monoisotopic (exact) mass is 284 g/mol. The SMILES string of the molecule is C=CCNS(=O)(=O)c1ccc(C(=O)NCCO)cc1. The summed E-state index contributed by atoms with van der Waals surface area (Å²) < 4.78 is 25.8. The Balaban J connectivity index is 2.81. The van der Waals surface area contributed by atoms with Gasteiger partial charge in [-0.2, -0.15) is 0 Å². The minimum Gasteiger partial charge on any atom is -0.395 e. The first kappa shape index (κ1) is 15.4. The average molecular weight is 284 g/mol. The van der Waals surface area contributed by atoms with E-state index in [1.54, 1.807) is 0 Å². The van der Waals surface area contributed by atoms with Gasteiger partial charge >= 0.3 is 0 Å². The molecule has 6 nitrogen and oxygen atoms in total. The van der Waals surface area contributed by atoms with Crippen LogP contribution in [0.2, 0.25) is 0 Å². The molecule has 0 aliphatic heterocycles. The molecule has 0 atom stereocenters. The Hall–Kier alpha value is -1.70. The van der Waals surface area contributed by atoms with Crippen LogP contribution in [-0.4, -0.2) is 39.1 Å². The van der Waals surface area contributed by atoms with Crippen molar-refractivity contribution in [2.75, 3.05) is 19.7 Å². The smallest absolute Gasteiger partial charge is 0.251 e. The highest BCUT2D eigenvalue weighted by Gasteiger charge is 2.13. The van der Waals surface area contributed by atoms with E-state index in [9.17, 15) is 13.2 Å². The van der Waals surface area contributed by atoms with Gasteiger partial charge in [0.05, 0.1) is 11.5 Å². The van der Waals surface area contributed by atoms with E-state index in [2.05, 4.69) is 16.6 Å². The van der Waals surface area contributed by atoms with Crippen molar-refractivity contribution in [1.29, 1.82) is 0 Å². The molecule has 0 aliphatic rings. The van der Waals surface area contributed by atoms with E-state index in [-0.39, 0.29) is 30.5 Å². The molecule has 1 aromatic carbocycles. The number of carbonyl (C=O) groups excluding carboxylic acids is 1. The number of carbonyl (C=O) groups is 1. The number of sulfonamides is 1. The number of amides is 1. The Morgan fingerprint density at radius 3 is 2.47 bits per heavy atom. The summed E-state index contributed by atoms with van der Waals surface area (Å²) in [4.78, 5) is 11.6. The number of benzene rings is 1. The molecule has 0 aromatic heterocycles. The van der Waals surface area contributed by atoms with Crippen molar-refractivity contribution in [3.63, 3.8) is 0 Å². The van der Waals surface area contributed by atoms with Gasteiger partial charge in [-0.1, -0.05) is 6.08 Å². The van der Waals surface area contributed by atoms with Crippen LogP contribution in [-0.2, 0) is 10.0 Å². The number of hydrogen-bond donors (Lipinski definition) is 3. The molecule has 1 aromatic rings. The summed E-state index contributed by atoms with van der Waals surface area (Å²) >= 11 is 0. The number of nitrogens with one attached hydrogen (secondary N) is 2. The summed E-state index contributed by atoms with van der Waals surface area (Å²) in [5, 5.41) is 11.1. The third kappa shape index (κ3) is 4.47. The largest absolute Gasteiger partial charge is 0.395 e. The Labute approximate surface area is 112 Å². The van der Waals surface area contributed by atoms with Crippen molar-refractivity contribution in [3.8, 4) is 0 Å². The van der Waals surface area contributed by atoms with Crippen LogP contribution in [0.25, 0.3) is 0 Å². The van der Waals surface area contributed by atoms with Gasteiger partial charge in [-0.3, -0.25) is 4.79 Å². The van der Waals surface area contributed by atoms with Gasteiger partial charge in [0, 0.05) is 18.7 Å². The van der Waals surface area contributed by atoms with Crippen molar-refractivity contribution in [2.24, 2.45) is 0 Å². The van der Waals surface area contributed by atoms with Crippen molar-refractivity contribution in [3.05, 3.63) is 42.5 Å². The van der Waals surface area contributed by atoms with Gasteiger partial charge in [0.1, 0.15) is 0 Å². The van der Waals surface area contributed by atoms with Crippen molar-refractivity contribution in [1.82, 2.24) is 10.0 Å². The summed E-state index contributed by atoms with van der Waals surface area (Å²) in [5.74, 6) is -0.364. The highest BCUT2D eigenvalue weighted by Crippen LogP contribution is 2.10. The molecule has 1 rings (SSSR count). The molecule has 0 radical (unpaired) electrons. The van der Waals surface area contributed by atoms with E-state index in [4.69, 9.17) is 5.11 Å². The third-order valence-electron chi connectivity index (χ3n) is 2.24. The third-order valence-corrected chi connectivity index (χ3v) is 3.68. The average Bonchev–Trinajstić information content (AvgIpc) is 2.42. The molecule has 0 unspecified atom stereocenters. The molecular weight excluding hydrogens is 268 g/mol. The predicted molar refractivity (Wildman–Crippen MR) is 71.2 cm³/mol. The Morgan fingerprint density at radius 1 is 1.32 bits per heavy atom. The molecule has 0 fully saturated rings. The van der Waals surface area contributed by atoms with Crippen LogP contribution < -0.4 is 10.0 Å². The molecule has 0 heterocycles. The fraction of sp³-hybridized carbons (Fsp3) is 0.250. The number of hydrogen-bond acceptors (Lipinski definition) is 4.